The van der Waals surface area contributed by atoms with Crippen LogP contribution in [0.4, 0.5) is 15.8 Å². The molecular weight excluding hydrogens is 403 g/mol. The second kappa shape index (κ2) is 8.97. The van der Waals surface area contributed by atoms with Crippen LogP contribution in [-0.2, 0) is 11.8 Å². The first kappa shape index (κ1) is 20.5. The summed E-state index contributed by atoms with van der Waals surface area (Å²) in [6.45, 7) is 2.11. The summed E-state index contributed by atoms with van der Waals surface area (Å²) in [5, 5.41) is 7.04. The van der Waals surface area contributed by atoms with Gasteiger partial charge in [0.2, 0.25) is 0 Å². The highest BCUT2D eigenvalue weighted by molar-refractivity contribution is 5.95. The van der Waals surface area contributed by atoms with Crippen molar-refractivity contribution in [3.63, 3.8) is 0 Å². The van der Waals surface area contributed by atoms with E-state index in [1.54, 1.807) is 29.2 Å². The minimum atomic E-state index is -0.412. The van der Waals surface area contributed by atoms with Gasteiger partial charge in [-0.15, -0.1) is 0 Å². The number of ether oxygens (including phenoxy) is 2. The lowest BCUT2D eigenvalue weighted by molar-refractivity contribution is 0.0303. The number of halogens is 1. The van der Waals surface area contributed by atoms with E-state index >= 15 is 0 Å². The highest BCUT2D eigenvalue weighted by Crippen LogP contribution is 2.28. The summed E-state index contributed by atoms with van der Waals surface area (Å²) in [5.74, 6) is 0.0438. The van der Waals surface area contributed by atoms with E-state index in [4.69, 9.17) is 9.47 Å². The first-order valence-corrected chi connectivity index (χ1v) is 9.75. The van der Waals surface area contributed by atoms with Crippen molar-refractivity contribution in [2.75, 3.05) is 31.6 Å². The van der Waals surface area contributed by atoms with Crippen molar-refractivity contribution in [2.24, 2.45) is 7.05 Å². The molecule has 1 aromatic heterocycles. The lowest BCUT2D eigenvalue weighted by atomic mass is 10.1. The molecule has 8 nitrogen and oxygen atoms in total. The minimum absolute atomic E-state index is 0.0997. The molecule has 1 aliphatic heterocycles. The molecule has 2 aromatic carbocycles. The predicted octanol–water partition coefficient (Wildman–Crippen LogP) is 2.93. The van der Waals surface area contributed by atoms with E-state index in [1.165, 1.54) is 42.2 Å². The van der Waals surface area contributed by atoms with Crippen LogP contribution in [0.2, 0.25) is 0 Å². The minimum Gasteiger partial charge on any atom is -0.453 e. The highest BCUT2D eigenvalue weighted by atomic mass is 19.1. The largest absolute Gasteiger partial charge is 0.453 e. The fourth-order valence-electron chi connectivity index (χ4n) is 3.17. The van der Waals surface area contributed by atoms with Gasteiger partial charge in [0.25, 0.3) is 11.5 Å². The third-order valence-corrected chi connectivity index (χ3v) is 4.82. The zero-order valence-corrected chi connectivity index (χ0v) is 16.9. The molecule has 0 aliphatic carbocycles. The molecule has 1 saturated heterocycles. The van der Waals surface area contributed by atoms with Gasteiger partial charge in [-0.3, -0.25) is 9.59 Å². The van der Waals surface area contributed by atoms with Crippen molar-refractivity contribution in [2.45, 2.75) is 0 Å². The summed E-state index contributed by atoms with van der Waals surface area (Å²) in [5.41, 5.74) is 0.785. The Labute approximate surface area is 177 Å². The summed E-state index contributed by atoms with van der Waals surface area (Å²) in [6, 6.07) is 12.3. The Kier molecular flexibility index (Phi) is 5.94. The maximum atomic E-state index is 13.2. The molecule has 0 bridgehead atoms. The molecule has 1 fully saturated rings. The number of nitrogens with zero attached hydrogens (tertiary/aromatic N) is 3. The van der Waals surface area contributed by atoms with Crippen LogP contribution >= 0.6 is 0 Å². The number of hydrogen-bond acceptors (Lipinski definition) is 6. The van der Waals surface area contributed by atoms with E-state index in [0.717, 1.165) is 0 Å². The quantitative estimate of drug-likeness (QED) is 0.678. The van der Waals surface area contributed by atoms with E-state index < -0.39 is 11.4 Å². The first-order valence-electron chi connectivity index (χ1n) is 9.75. The molecule has 2 heterocycles. The number of aromatic nitrogens is 2. The van der Waals surface area contributed by atoms with Crippen LogP contribution in [0.5, 0.6) is 11.5 Å². The third kappa shape index (κ3) is 4.72. The fraction of sp³-hybridized carbons (Fsp3) is 0.227. The Morgan fingerprint density at radius 2 is 1.90 bits per heavy atom. The number of carbonyl (C=O) groups is 1. The number of aryl methyl sites for hydroxylation is 1. The van der Waals surface area contributed by atoms with Crippen LogP contribution < -0.4 is 15.6 Å². The van der Waals surface area contributed by atoms with Crippen molar-refractivity contribution in [1.29, 1.82) is 0 Å². The molecular formula is C22H21FN4O4. The molecule has 9 heteroatoms. The molecule has 0 unspecified atom stereocenters. The topological polar surface area (TPSA) is 85.7 Å². The zero-order chi connectivity index (χ0) is 21.8. The molecule has 0 spiro atoms. The van der Waals surface area contributed by atoms with Crippen LogP contribution in [-0.4, -0.2) is 46.9 Å². The van der Waals surface area contributed by atoms with Gasteiger partial charge in [-0.2, -0.15) is 5.10 Å². The molecule has 3 aromatic rings. The van der Waals surface area contributed by atoms with Crippen molar-refractivity contribution in [3.05, 3.63) is 76.5 Å². The van der Waals surface area contributed by atoms with Gasteiger partial charge in [0.1, 0.15) is 11.6 Å². The normalized spacial score (nSPS) is 13.7. The summed E-state index contributed by atoms with van der Waals surface area (Å²) in [6.07, 6.45) is 1.40. The molecule has 4 rings (SSSR count). The Morgan fingerprint density at radius 3 is 2.65 bits per heavy atom. The van der Waals surface area contributed by atoms with Gasteiger partial charge in [-0.25, -0.2) is 9.07 Å². The van der Waals surface area contributed by atoms with Crippen LogP contribution in [0.1, 0.15) is 10.4 Å². The SMILES string of the molecule is Cn1ncc(Oc2ccc(F)cc2)c(Nc2cccc(C(=O)N3CCOCC3)c2)c1=O. The van der Waals surface area contributed by atoms with Crippen molar-refractivity contribution in [3.8, 4) is 11.5 Å². The van der Waals surface area contributed by atoms with E-state index in [0.29, 0.717) is 43.3 Å². The lowest BCUT2D eigenvalue weighted by Crippen LogP contribution is -2.40. The van der Waals surface area contributed by atoms with Gasteiger partial charge < -0.3 is 19.7 Å². The third-order valence-electron chi connectivity index (χ3n) is 4.82. The van der Waals surface area contributed by atoms with Gasteiger partial charge >= 0.3 is 0 Å². The zero-order valence-electron chi connectivity index (χ0n) is 16.9. The number of rotatable bonds is 5. The smallest absolute Gasteiger partial charge is 0.294 e. The summed E-state index contributed by atoms with van der Waals surface area (Å²) in [7, 11) is 1.52. The van der Waals surface area contributed by atoms with E-state index in [1.807, 2.05) is 0 Å². The second-order valence-electron chi connectivity index (χ2n) is 6.98. The Morgan fingerprint density at radius 1 is 1.16 bits per heavy atom. The second-order valence-corrected chi connectivity index (χ2v) is 6.98. The number of anilines is 2. The van der Waals surface area contributed by atoms with Crippen molar-refractivity contribution in [1.82, 2.24) is 14.7 Å². The van der Waals surface area contributed by atoms with Crippen molar-refractivity contribution >= 4 is 17.3 Å². The molecule has 0 radical (unpaired) electrons. The molecule has 31 heavy (non-hydrogen) atoms. The van der Waals surface area contributed by atoms with Gasteiger partial charge in [0, 0.05) is 31.4 Å². The summed E-state index contributed by atoms with van der Waals surface area (Å²) < 4.78 is 25.4. The highest BCUT2D eigenvalue weighted by Gasteiger charge is 2.19. The molecule has 1 amide bonds. The van der Waals surface area contributed by atoms with Crippen LogP contribution in [0.15, 0.2) is 59.5 Å². The average Bonchev–Trinajstić information content (AvgIpc) is 2.80. The number of nitrogens with one attached hydrogen (secondary N) is 1. The number of morpholine rings is 1. The first-order chi connectivity index (χ1) is 15.0. The fourth-order valence-corrected chi connectivity index (χ4v) is 3.17. The molecule has 1 aliphatic rings. The van der Waals surface area contributed by atoms with Gasteiger partial charge in [0.15, 0.2) is 11.4 Å². The maximum absolute atomic E-state index is 13.2. The van der Waals surface area contributed by atoms with Crippen LogP contribution in [0.3, 0.4) is 0 Å². The summed E-state index contributed by atoms with van der Waals surface area (Å²) in [4.78, 5) is 27.2. The van der Waals surface area contributed by atoms with Crippen molar-refractivity contribution < 1.29 is 18.7 Å². The number of hydrogen-bond donors (Lipinski definition) is 1. The average molecular weight is 424 g/mol. The maximum Gasteiger partial charge on any atom is 0.294 e. The van der Waals surface area contributed by atoms with Crippen LogP contribution in [0, 0.1) is 5.82 Å². The monoisotopic (exact) mass is 424 g/mol. The molecule has 160 valence electrons. The van der Waals surface area contributed by atoms with E-state index in [-0.39, 0.29) is 17.3 Å². The summed E-state index contributed by atoms with van der Waals surface area (Å²) >= 11 is 0. The van der Waals surface area contributed by atoms with E-state index in [2.05, 4.69) is 10.4 Å². The number of benzene rings is 2. The Hall–Kier alpha value is -3.72. The molecule has 1 N–H and O–H groups in total. The van der Waals surface area contributed by atoms with Gasteiger partial charge in [-0.05, 0) is 42.5 Å². The number of amides is 1. The van der Waals surface area contributed by atoms with Gasteiger partial charge in [-0.1, -0.05) is 6.07 Å². The lowest BCUT2D eigenvalue weighted by Gasteiger charge is -2.27. The standard InChI is InChI=1S/C22H21FN4O4/c1-26-22(29)20(19(14-24-26)31-18-7-5-16(23)6-8-18)25-17-4-2-3-15(13-17)21(28)27-9-11-30-12-10-27/h2-8,13-14,25H,9-12H2,1H3. The molecule has 0 saturated carbocycles. The van der Waals surface area contributed by atoms with Crippen LogP contribution in [0.25, 0.3) is 0 Å². The Balaban J connectivity index is 1.61. The Bertz CT molecular complexity index is 1140. The molecule has 0 atom stereocenters. The van der Waals surface area contributed by atoms with Gasteiger partial charge in [0.05, 0.1) is 19.4 Å². The predicted molar refractivity (Wildman–Crippen MR) is 112 cm³/mol. The van der Waals surface area contributed by atoms with E-state index in [9.17, 15) is 14.0 Å². The number of carbonyl (C=O) groups excluding carboxylic acids is 1.